The Kier molecular flexibility index (Phi) is 6.98. The van der Waals surface area contributed by atoms with Gasteiger partial charge in [-0.15, -0.1) is 11.3 Å². The molecule has 1 unspecified atom stereocenters. The van der Waals surface area contributed by atoms with Crippen LogP contribution in [0.2, 0.25) is 5.02 Å². The van der Waals surface area contributed by atoms with E-state index in [1.807, 2.05) is 0 Å². The molecule has 0 aliphatic carbocycles. The summed E-state index contributed by atoms with van der Waals surface area (Å²) in [5.74, 6) is -1.17. The van der Waals surface area contributed by atoms with Gasteiger partial charge in [-0.25, -0.2) is 0 Å². The molecule has 3 N–H and O–H groups in total. The summed E-state index contributed by atoms with van der Waals surface area (Å²) in [4.78, 5) is 36.3. The Morgan fingerprint density at radius 3 is 2.44 bits per heavy atom. The third-order valence-electron chi connectivity index (χ3n) is 3.09. The second-order valence-electron chi connectivity index (χ2n) is 5.07. The molecule has 25 heavy (non-hydrogen) atoms. The van der Waals surface area contributed by atoms with E-state index in [4.69, 9.17) is 11.6 Å². The van der Waals surface area contributed by atoms with Gasteiger partial charge in [0.25, 0.3) is 5.91 Å². The smallest absolute Gasteiger partial charge is 0.262 e. The van der Waals surface area contributed by atoms with Crippen LogP contribution in [-0.2, 0) is 9.59 Å². The molecule has 1 atom stereocenters. The van der Waals surface area contributed by atoms with Gasteiger partial charge in [0.15, 0.2) is 0 Å². The van der Waals surface area contributed by atoms with Crippen molar-refractivity contribution in [3.05, 3.63) is 50.1 Å². The Morgan fingerprint density at radius 1 is 1.16 bits per heavy atom. The molecule has 132 valence electrons. The topological polar surface area (TPSA) is 87.3 Å². The van der Waals surface area contributed by atoms with Crippen LogP contribution in [0.5, 0.6) is 0 Å². The van der Waals surface area contributed by atoms with E-state index in [0.29, 0.717) is 15.6 Å². The van der Waals surface area contributed by atoms with E-state index < -0.39 is 11.9 Å². The first-order valence-electron chi connectivity index (χ1n) is 7.24. The molecule has 0 aliphatic heterocycles. The maximum atomic E-state index is 12.0. The maximum absolute atomic E-state index is 12.0. The maximum Gasteiger partial charge on any atom is 0.262 e. The molecule has 3 amide bonds. The first-order valence-corrected chi connectivity index (χ1v) is 9.23. The minimum absolute atomic E-state index is 0.202. The SMILES string of the molecule is CC(NC(=O)c1ccc(Br)s1)C(=O)NCC(=O)Nc1ccc(Cl)cc1. The third kappa shape index (κ3) is 6.15. The Morgan fingerprint density at radius 2 is 1.84 bits per heavy atom. The zero-order chi connectivity index (χ0) is 18.4. The first kappa shape index (κ1) is 19.4. The Bertz CT molecular complexity index is 779. The highest BCUT2D eigenvalue weighted by Crippen LogP contribution is 2.21. The number of benzene rings is 1. The molecule has 0 spiro atoms. The highest BCUT2D eigenvalue weighted by molar-refractivity contribution is 9.11. The van der Waals surface area contributed by atoms with E-state index in [-0.39, 0.29) is 18.4 Å². The van der Waals surface area contributed by atoms with Gasteiger partial charge in [0, 0.05) is 10.7 Å². The second-order valence-corrected chi connectivity index (χ2v) is 7.97. The van der Waals surface area contributed by atoms with Crippen molar-refractivity contribution in [3.8, 4) is 0 Å². The van der Waals surface area contributed by atoms with Gasteiger partial charge in [-0.2, -0.15) is 0 Å². The zero-order valence-corrected chi connectivity index (χ0v) is 16.3. The van der Waals surface area contributed by atoms with Crippen molar-refractivity contribution in [1.29, 1.82) is 0 Å². The summed E-state index contributed by atoms with van der Waals surface area (Å²) in [5.41, 5.74) is 0.577. The largest absolute Gasteiger partial charge is 0.345 e. The Balaban J connectivity index is 1.77. The van der Waals surface area contributed by atoms with E-state index >= 15 is 0 Å². The third-order valence-corrected chi connectivity index (χ3v) is 4.96. The van der Waals surface area contributed by atoms with Crippen LogP contribution >= 0.6 is 38.9 Å². The number of halogens is 2. The summed E-state index contributed by atoms with van der Waals surface area (Å²) in [7, 11) is 0. The van der Waals surface area contributed by atoms with Crippen LogP contribution in [0.4, 0.5) is 5.69 Å². The summed E-state index contributed by atoms with van der Waals surface area (Å²) in [6.45, 7) is 1.35. The average molecular weight is 445 g/mol. The van der Waals surface area contributed by atoms with Crippen LogP contribution in [0, 0.1) is 0 Å². The second kappa shape index (κ2) is 8.98. The molecule has 2 rings (SSSR count). The van der Waals surface area contributed by atoms with Gasteiger partial charge in [0.05, 0.1) is 15.2 Å². The Hall–Kier alpha value is -1.90. The van der Waals surface area contributed by atoms with Crippen LogP contribution in [0.15, 0.2) is 40.2 Å². The van der Waals surface area contributed by atoms with Gasteiger partial charge in [-0.1, -0.05) is 11.6 Å². The fourth-order valence-electron chi connectivity index (χ4n) is 1.83. The summed E-state index contributed by atoms with van der Waals surface area (Å²) in [6.07, 6.45) is 0. The van der Waals surface area contributed by atoms with Crippen molar-refractivity contribution in [3.63, 3.8) is 0 Å². The standard InChI is InChI=1S/C16H15BrClN3O3S/c1-9(20-16(24)12-6-7-13(17)25-12)15(23)19-8-14(22)21-11-4-2-10(18)3-5-11/h2-7,9H,8H2,1H3,(H,19,23)(H,20,24)(H,21,22). The van der Waals surface area contributed by atoms with E-state index in [1.54, 1.807) is 43.3 Å². The molecule has 1 heterocycles. The predicted molar refractivity (Wildman–Crippen MR) is 102 cm³/mol. The highest BCUT2D eigenvalue weighted by Gasteiger charge is 2.18. The van der Waals surface area contributed by atoms with Gasteiger partial charge >= 0.3 is 0 Å². The van der Waals surface area contributed by atoms with Crippen molar-refractivity contribution >= 4 is 62.3 Å². The summed E-state index contributed by atoms with van der Waals surface area (Å²) in [5, 5.41) is 8.25. The fourth-order valence-corrected chi connectivity index (χ4v) is 3.24. The molecule has 0 bridgehead atoms. The number of anilines is 1. The van der Waals surface area contributed by atoms with Crippen molar-refractivity contribution in [2.24, 2.45) is 0 Å². The molecule has 0 saturated heterocycles. The van der Waals surface area contributed by atoms with Gasteiger partial charge in [0.2, 0.25) is 11.8 Å². The van der Waals surface area contributed by atoms with Gasteiger partial charge < -0.3 is 16.0 Å². The van der Waals surface area contributed by atoms with Crippen LogP contribution < -0.4 is 16.0 Å². The average Bonchev–Trinajstić information content (AvgIpc) is 3.01. The highest BCUT2D eigenvalue weighted by atomic mass is 79.9. The molecular formula is C16H15BrClN3O3S. The minimum atomic E-state index is -0.767. The van der Waals surface area contributed by atoms with Crippen molar-refractivity contribution < 1.29 is 14.4 Å². The lowest BCUT2D eigenvalue weighted by atomic mass is 10.3. The summed E-state index contributed by atoms with van der Waals surface area (Å²) in [6, 6.07) is 9.26. The normalized spacial score (nSPS) is 11.5. The first-order chi connectivity index (χ1) is 11.8. The molecule has 9 heteroatoms. The van der Waals surface area contributed by atoms with Gasteiger partial charge in [0.1, 0.15) is 6.04 Å². The number of amides is 3. The van der Waals surface area contributed by atoms with Crippen LogP contribution in [0.25, 0.3) is 0 Å². The molecular weight excluding hydrogens is 430 g/mol. The minimum Gasteiger partial charge on any atom is -0.345 e. The zero-order valence-electron chi connectivity index (χ0n) is 13.1. The van der Waals surface area contributed by atoms with E-state index in [0.717, 1.165) is 3.79 Å². The van der Waals surface area contributed by atoms with Crippen molar-refractivity contribution in [1.82, 2.24) is 10.6 Å². The molecule has 0 saturated carbocycles. The van der Waals surface area contributed by atoms with E-state index in [2.05, 4.69) is 31.9 Å². The Labute approximate surface area is 162 Å². The molecule has 1 aromatic heterocycles. The molecule has 0 aliphatic rings. The lowest BCUT2D eigenvalue weighted by Crippen LogP contribution is -2.46. The van der Waals surface area contributed by atoms with E-state index in [1.165, 1.54) is 11.3 Å². The van der Waals surface area contributed by atoms with Crippen molar-refractivity contribution in [2.75, 3.05) is 11.9 Å². The predicted octanol–water partition coefficient (Wildman–Crippen LogP) is 3.04. The lowest BCUT2D eigenvalue weighted by Gasteiger charge is -2.13. The number of hydrogen-bond acceptors (Lipinski definition) is 4. The number of carbonyl (C=O) groups is 3. The van der Waals surface area contributed by atoms with E-state index in [9.17, 15) is 14.4 Å². The van der Waals surface area contributed by atoms with Crippen LogP contribution in [-0.4, -0.2) is 30.3 Å². The molecule has 1 aromatic carbocycles. The monoisotopic (exact) mass is 443 g/mol. The van der Waals surface area contributed by atoms with Crippen LogP contribution in [0.3, 0.4) is 0 Å². The lowest BCUT2D eigenvalue weighted by molar-refractivity contribution is -0.125. The van der Waals surface area contributed by atoms with Crippen LogP contribution in [0.1, 0.15) is 16.6 Å². The molecule has 6 nitrogen and oxygen atoms in total. The number of rotatable bonds is 6. The quantitative estimate of drug-likeness (QED) is 0.640. The summed E-state index contributed by atoms with van der Waals surface area (Å²) >= 11 is 10.3. The van der Waals surface area contributed by atoms with Crippen molar-refractivity contribution in [2.45, 2.75) is 13.0 Å². The number of nitrogens with one attached hydrogen (secondary N) is 3. The number of carbonyl (C=O) groups excluding carboxylic acids is 3. The molecule has 2 aromatic rings. The molecule has 0 fully saturated rings. The van der Waals surface area contributed by atoms with Gasteiger partial charge in [-0.3, -0.25) is 14.4 Å². The number of hydrogen-bond donors (Lipinski definition) is 3. The number of thiophene rings is 1. The molecule has 0 radical (unpaired) electrons. The summed E-state index contributed by atoms with van der Waals surface area (Å²) < 4.78 is 0.827. The fraction of sp³-hybridized carbons (Fsp3) is 0.188. The van der Waals surface area contributed by atoms with Gasteiger partial charge in [-0.05, 0) is 59.3 Å².